The predicted octanol–water partition coefficient (Wildman–Crippen LogP) is 2.08. The Morgan fingerprint density at radius 3 is 2.78 bits per heavy atom. The standard InChI is InChI=1S/C13H20N2O2S/c1-9(2)8-16-6-7-17-13-11(12(14)18)10(3)4-5-15-13/h4-5,9H,6-8H2,1-3H3,(H2,14,18). The van der Waals surface area contributed by atoms with E-state index in [1.165, 1.54) is 0 Å². The maximum Gasteiger partial charge on any atom is 0.224 e. The molecule has 0 bridgehead atoms. The Kier molecular flexibility index (Phi) is 6.01. The number of thiocarbonyl (C=S) groups is 1. The molecule has 0 saturated carbocycles. The molecule has 0 unspecified atom stereocenters. The molecule has 0 aliphatic rings. The number of pyridine rings is 1. The van der Waals surface area contributed by atoms with Crippen molar-refractivity contribution in [3.8, 4) is 5.88 Å². The Morgan fingerprint density at radius 2 is 2.17 bits per heavy atom. The zero-order chi connectivity index (χ0) is 13.5. The van der Waals surface area contributed by atoms with Crippen LogP contribution in [-0.4, -0.2) is 29.8 Å². The molecule has 0 spiro atoms. The van der Waals surface area contributed by atoms with Crippen molar-refractivity contribution in [1.29, 1.82) is 0 Å². The molecule has 0 saturated heterocycles. The number of nitrogens with two attached hydrogens (primary N) is 1. The van der Waals surface area contributed by atoms with Crippen LogP contribution in [0.15, 0.2) is 12.3 Å². The van der Waals surface area contributed by atoms with Gasteiger partial charge in [0.1, 0.15) is 11.6 Å². The second-order valence-corrected chi connectivity index (χ2v) is 4.93. The second-order valence-electron chi connectivity index (χ2n) is 4.49. The van der Waals surface area contributed by atoms with E-state index in [4.69, 9.17) is 27.4 Å². The number of aryl methyl sites for hydroxylation is 1. The molecule has 100 valence electrons. The number of rotatable bonds is 7. The van der Waals surface area contributed by atoms with Crippen LogP contribution >= 0.6 is 12.2 Å². The highest BCUT2D eigenvalue weighted by molar-refractivity contribution is 7.80. The van der Waals surface area contributed by atoms with E-state index in [0.717, 1.165) is 12.2 Å². The molecule has 1 heterocycles. The van der Waals surface area contributed by atoms with E-state index in [0.29, 0.717) is 35.6 Å². The molecule has 0 amide bonds. The molecule has 0 radical (unpaired) electrons. The topological polar surface area (TPSA) is 57.4 Å². The molecule has 5 heteroatoms. The van der Waals surface area contributed by atoms with Crippen LogP contribution in [0.3, 0.4) is 0 Å². The summed E-state index contributed by atoms with van der Waals surface area (Å²) in [5.41, 5.74) is 7.34. The number of nitrogens with zero attached hydrogens (tertiary/aromatic N) is 1. The van der Waals surface area contributed by atoms with Crippen molar-refractivity contribution in [3.05, 3.63) is 23.4 Å². The zero-order valence-electron chi connectivity index (χ0n) is 11.1. The molecule has 1 aromatic rings. The second kappa shape index (κ2) is 7.28. The van der Waals surface area contributed by atoms with Gasteiger partial charge in [0.05, 0.1) is 12.2 Å². The largest absolute Gasteiger partial charge is 0.475 e. The summed E-state index contributed by atoms with van der Waals surface area (Å²) in [7, 11) is 0. The van der Waals surface area contributed by atoms with Crippen molar-refractivity contribution in [3.63, 3.8) is 0 Å². The van der Waals surface area contributed by atoms with E-state index in [1.54, 1.807) is 6.20 Å². The predicted molar refractivity (Wildman–Crippen MR) is 76.0 cm³/mol. The van der Waals surface area contributed by atoms with Gasteiger partial charge in [-0.05, 0) is 24.5 Å². The number of hydrogen-bond acceptors (Lipinski definition) is 4. The highest BCUT2D eigenvalue weighted by Crippen LogP contribution is 2.18. The van der Waals surface area contributed by atoms with Crippen molar-refractivity contribution in [1.82, 2.24) is 4.98 Å². The van der Waals surface area contributed by atoms with Crippen LogP contribution < -0.4 is 10.5 Å². The highest BCUT2D eigenvalue weighted by Gasteiger charge is 2.10. The number of aromatic nitrogens is 1. The van der Waals surface area contributed by atoms with Crippen LogP contribution in [0.4, 0.5) is 0 Å². The smallest absolute Gasteiger partial charge is 0.224 e. The van der Waals surface area contributed by atoms with Crippen LogP contribution in [-0.2, 0) is 4.74 Å². The molecule has 2 N–H and O–H groups in total. The van der Waals surface area contributed by atoms with Crippen molar-refractivity contribution in [2.45, 2.75) is 20.8 Å². The van der Waals surface area contributed by atoms with Gasteiger partial charge in [-0.15, -0.1) is 0 Å². The van der Waals surface area contributed by atoms with Gasteiger partial charge in [-0.2, -0.15) is 0 Å². The fourth-order valence-electron chi connectivity index (χ4n) is 1.46. The first-order valence-electron chi connectivity index (χ1n) is 5.98. The molecule has 18 heavy (non-hydrogen) atoms. The summed E-state index contributed by atoms with van der Waals surface area (Å²) in [6, 6.07) is 1.86. The Morgan fingerprint density at radius 1 is 1.44 bits per heavy atom. The monoisotopic (exact) mass is 268 g/mol. The van der Waals surface area contributed by atoms with Gasteiger partial charge in [0.2, 0.25) is 5.88 Å². The molecular formula is C13H20N2O2S. The van der Waals surface area contributed by atoms with Crippen molar-refractivity contribution in [2.75, 3.05) is 19.8 Å². The molecular weight excluding hydrogens is 248 g/mol. The summed E-state index contributed by atoms with van der Waals surface area (Å²) in [5, 5.41) is 0. The van der Waals surface area contributed by atoms with Crippen LogP contribution in [0.5, 0.6) is 5.88 Å². The molecule has 0 atom stereocenters. The third-order valence-electron chi connectivity index (χ3n) is 2.29. The van der Waals surface area contributed by atoms with Gasteiger partial charge in [-0.3, -0.25) is 0 Å². The molecule has 0 aliphatic heterocycles. The van der Waals surface area contributed by atoms with E-state index >= 15 is 0 Å². The lowest BCUT2D eigenvalue weighted by Gasteiger charge is -2.12. The van der Waals surface area contributed by atoms with Gasteiger partial charge in [0.15, 0.2) is 0 Å². The molecule has 4 nitrogen and oxygen atoms in total. The summed E-state index contributed by atoms with van der Waals surface area (Å²) < 4.78 is 11.0. The molecule has 1 rings (SSSR count). The van der Waals surface area contributed by atoms with E-state index in [-0.39, 0.29) is 0 Å². The number of hydrogen-bond donors (Lipinski definition) is 1. The van der Waals surface area contributed by atoms with E-state index in [2.05, 4.69) is 18.8 Å². The van der Waals surface area contributed by atoms with Gasteiger partial charge >= 0.3 is 0 Å². The van der Waals surface area contributed by atoms with Gasteiger partial charge in [0, 0.05) is 12.8 Å². The van der Waals surface area contributed by atoms with Crippen molar-refractivity contribution in [2.24, 2.45) is 11.7 Å². The molecule has 0 aromatic carbocycles. The van der Waals surface area contributed by atoms with Gasteiger partial charge < -0.3 is 15.2 Å². The normalized spacial score (nSPS) is 10.7. The van der Waals surface area contributed by atoms with E-state index < -0.39 is 0 Å². The minimum atomic E-state index is 0.304. The minimum absolute atomic E-state index is 0.304. The Hall–Kier alpha value is -1.20. The zero-order valence-corrected chi connectivity index (χ0v) is 11.9. The van der Waals surface area contributed by atoms with Crippen LogP contribution in [0.1, 0.15) is 25.0 Å². The molecule has 1 aromatic heterocycles. The summed E-state index contributed by atoms with van der Waals surface area (Å²) >= 11 is 5.00. The Labute approximate surface area is 113 Å². The Balaban J connectivity index is 2.52. The first-order chi connectivity index (χ1) is 8.52. The van der Waals surface area contributed by atoms with Crippen LogP contribution in [0, 0.1) is 12.8 Å². The van der Waals surface area contributed by atoms with E-state index in [9.17, 15) is 0 Å². The van der Waals surface area contributed by atoms with Crippen molar-refractivity contribution < 1.29 is 9.47 Å². The first kappa shape index (κ1) is 14.9. The van der Waals surface area contributed by atoms with Crippen LogP contribution in [0.2, 0.25) is 0 Å². The fraction of sp³-hybridized carbons (Fsp3) is 0.538. The Bertz CT molecular complexity index is 408. The van der Waals surface area contributed by atoms with Gasteiger partial charge in [-0.1, -0.05) is 26.1 Å². The third-order valence-corrected chi connectivity index (χ3v) is 2.49. The summed E-state index contributed by atoms with van der Waals surface area (Å²) in [6.07, 6.45) is 1.68. The summed E-state index contributed by atoms with van der Waals surface area (Å²) in [4.78, 5) is 4.45. The minimum Gasteiger partial charge on any atom is -0.475 e. The van der Waals surface area contributed by atoms with E-state index in [1.807, 2.05) is 13.0 Å². The first-order valence-corrected chi connectivity index (χ1v) is 6.39. The number of ether oxygens (including phenoxy) is 2. The molecule has 0 aliphatic carbocycles. The SMILES string of the molecule is Cc1ccnc(OCCOCC(C)C)c1C(N)=S. The van der Waals surface area contributed by atoms with Gasteiger partial charge in [0.25, 0.3) is 0 Å². The average molecular weight is 268 g/mol. The maximum atomic E-state index is 5.67. The fourth-order valence-corrected chi connectivity index (χ4v) is 1.71. The highest BCUT2D eigenvalue weighted by atomic mass is 32.1. The average Bonchev–Trinajstić information content (AvgIpc) is 2.27. The maximum absolute atomic E-state index is 5.67. The third kappa shape index (κ3) is 4.58. The summed E-state index contributed by atoms with van der Waals surface area (Å²) in [6.45, 7) is 7.84. The molecule has 0 fully saturated rings. The quantitative estimate of drug-likeness (QED) is 0.606. The lowest BCUT2D eigenvalue weighted by atomic mass is 10.1. The lowest BCUT2D eigenvalue weighted by Crippen LogP contribution is -2.16. The van der Waals surface area contributed by atoms with Crippen molar-refractivity contribution >= 4 is 17.2 Å². The van der Waals surface area contributed by atoms with Crippen LogP contribution in [0.25, 0.3) is 0 Å². The van der Waals surface area contributed by atoms with Gasteiger partial charge in [-0.25, -0.2) is 4.98 Å². The lowest BCUT2D eigenvalue weighted by molar-refractivity contribution is 0.0805. The summed E-state index contributed by atoms with van der Waals surface area (Å²) in [5.74, 6) is 1.00.